The van der Waals surface area contributed by atoms with Crippen LogP contribution >= 0.6 is 0 Å². The molecule has 210 valence electrons. The molecule has 0 saturated carbocycles. The number of ether oxygens (including phenoxy) is 4. The molecule has 9 rings (SSSR count). The van der Waals surface area contributed by atoms with E-state index < -0.39 is 36.0 Å². The maximum Gasteiger partial charge on any atom is 0.231 e. The second-order valence-electron chi connectivity index (χ2n) is 10.6. The van der Waals surface area contributed by atoms with Crippen LogP contribution in [0.15, 0.2) is 22.2 Å². The van der Waals surface area contributed by atoms with Crippen LogP contribution in [0.25, 0.3) is 22.3 Å². The third-order valence-corrected chi connectivity index (χ3v) is 7.76. The molecule has 8 atom stereocenters. The predicted molar refractivity (Wildman–Crippen MR) is 125 cm³/mol. The van der Waals surface area contributed by atoms with Gasteiger partial charge in [-0.3, -0.25) is 9.97 Å². The third kappa shape index (κ3) is 4.40. The molecule has 0 amide bonds. The van der Waals surface area contributed by atoms with Crippen molar-refractivity contribution < 1.29 is 94.6 Å². The summed E-state index contributed by atoms with van der Waals surface area (Å²) in [5.74, 6) is -0.652. The van der Waals surface area contributed by atoms with E-state index in [1.165, 1.54) is 15.5 Å². The van der Waals surface area contributed by atoms with E-state index in [0.29, 0.717) is 28.9 Å². The van der Waals surface area contributed by atoms with Crippen LogP contribution in [0.2, 0.25) is 0 Å². The van der Waals surface area contributed by atoms with Gasteiger partial charge in [-0.05, 0) is 26.2 Å². The van der Waals surface area contributed by atoms with Crippen LogP contribution in [0.5, 0.6) is 0 Å². The van der Waals surface area contributed by atoms with E-state index in [-0.39, 0.29) is 102 Å². The first-order valence-corrected chi connectivity index (χ1v) is 12.4. The van der Waals surface area contributed by atoms with Gasteiger partial charge >= 0.3 is 0 Å². The van der Waals surface area contributed by atoms with Crippen molar-refractivity contribution in [3.8, 4) is 0 Å². The number of nitrogens with zero attached hydrogens (tertiary/aromatic N) is 8. The zero-order valence-electron chi connectivity index (χ0n) is 21.8. The summed E-state index contributed by atoms with van der Waals surface area (Å²) in [7, 11) is 0. The van der Waals surface area contributed by atoms with Crippen molar-refractivity contribution in [1.29, 1.82) is 0 Å². The summed E-state index contributed by atoms with van der Waals surface area (Å²) in [6.07, 6.45) is 3.87. The topological polar surface area (TPSA) is 183 Å². The Morgan fingerprint density at radius 3 is 1.93 bits per heavy atom. The van der Waals surface area contributed by atoms with Gasteiger partial charge in [0.15, 0.2) is 18.2 Å². The minimum Gasteiger partial charge on any atom is -0.387 e. The van der Waals surface area contributed by atoms with Crippen molar-refractivity contribution in [3.05, 3.63) is 46.0 Å². The Hall–Kier alpha value is -1.33. The first kappa shape index (κ1) is 29.7. The summed E-state index contributed by atoms with van der Waals surface area (Å²) in [5.41, 5.74) is 1.35. The van der Waals surface area contributed by atoms with E-state index >= 15 is 0 Å². The molecular weight excluding hydrogens is 694 g/mol. The minimum atomic E-state index is -1.04. The zero-order chi connectivity index (χ0) is 26.8. The van der Waals surface area contributed by atoms with E-state index in [4.69, 9.17) is 18.9 Å². The normalized spacial score (nSPS) is 33.3. The van der Waals surface area contributed by atoms with Gasteiger partial charge < -0.3 is 67.0 Å². The average Bonchev–Trinajstić information content (AvgIpc) is 3.65. The second kappa shape index (κ2) is 10.4. The van der Waals surface area contributed by atoms with Crippen LogP contribution in [-0.4, -0.2) is 90.8 Å². The number of rotatable bonds is 0. The summed E-state index contributed by atoms with van der Waals surface area (Å²) in [6.45, 7) is 4.28. The van der Waals surface area contributed by atoms with E-state index in [0.717, 1.165) is 0 Å². The molecule has 41 heavy (non-hydrogen) atoms. The third-order valence-electron chi connectivity index (χ3n) is 7.76. The Kier molecular flexibility index (Phi) is 7.53. The van der Waals surface area contributed by atoms with E-state index in [1.807, 2.05) is 18.4 Å². The number of imidazole rings is 2. The molecule has 9 heterocycles. The largest absolute Gasteiger partial charge is 0.387 e. The van der Waals surface area contributed by atoms with Gasteiger partial charge in [0.05, 0.1) is 12.7 Å². The van der Waals surface area contributed by atoms with Gasteiger partial charge in [0.1, 0.15) is 36.6 Å². The molecule has 3 saturated heterocycles. The van der Waals surface area contributed by atoms with Gasteiger partial charge in [0.2, 0.25) is 11.4 Å². The number of aliphatic hydroxyl groups excluding tert-OH is 2. The quantitative estimate of drug-likeness (QED) is 0.189. The van der Waals surface area contributed by atoms with Gasteiger partial charge in [0, 0.05) is 101 Å². The Labute approximate surface area is 280 Å². The fourth-order valence-corrected chi connectivity index (χ4v) is 6.11. The van der Waals surface area contributed by atoms with Crippen LogP contribution in [0.1, 0.15) is 26.3 Å². The fourth-order valence-electron chi connectivity index (χ4n) is 6.11. The SMILES string of the molecule is CC1(C)OC2[C@@H](O1)[C@H]1Cn3c(=O)n[c-]c4ncn(c43)[C@@H]2O1.O=c1n[c-]c2ncn3c2n1C[C@H]1O[C@@H]3C(O)[C@H]1O.[Y].[Y]. The molecule has 4 aromatic rings. The smallest absolute Gasteiger partial charge is 0.231 e. The van der Waals surface area contributed by atoms with E-state index in [2.05, 4.69) is 32.3 Å². The fraction of sp³-hybridized carbons (Fsp3) is 0.565. The molecule has 2 unspecified atom stereocenters. The number of aliphatic hydroxyl groups is 2. The van der Waals surface area contributed by atoms with Crippen molar-refractivity contribution in [2.75, 3.05) is 0 Å². The second-order valence-corrected chi connectivity index (χ2v) is 10.6. The minimum absolute atomic E-state index is 0. The van der Waals surface area contributed by atoms with Crippen LogP contribution < -0.4 is 11.4 Å². The molecule has 5 aliphatic heterocycles. The molecule has 4 aromatic heterocycles. The van der Waals surface area contributed by atoms with Crippen molar-refractivity contribution in [2.24, 2.45) is 0 Å². The Bertz CT molecular complexity index is 1770. The number of hydrogen-bond donors (Lipinski definition) is 2. The molecular formula is C23H22N8O8Y2-2. The van der Waals surface area contributed by atoms with Crippen LogP contribution in [0.3, 0.4) is 0 Å². The average molecular weight is 716 g/mol. The van der Waals surface area contributed by atoms with Gasteiger partial charge in [-0.1, -0.05) is 0 Å². The van der Waals surface area contributed by atoms with Crippen molar-refractivity contribution in [3.63, 3.8) is 0 Å². The Morgan fingerprint density at radius 1 is 0.805 bits per heavy atom. The van der Waals surface area contributed by atoms with Crippen molar-refractivity contribution >= 4 is 22.3 Å². The first-order valence-electron chi connectivity index (χ1n) is 12.4. The molecule has 4 bridgehead atoms. The molecule has 0 aromatic carbocycles. The molecule has 0 aliphatic carbocycles. The van der Waals surface area contributed by atoms with Crippen LogP contribution in [0, 0.1) is 12.4 Å². The Morgan fingerprint density at radius 2 is 1.32 bits per heavy atom. The molecule has 18 heteroatoms. The molecule has 2 radical (unpaired) electrons. The maximum atomic E-state index is 12.0. The van der Waals surface area contributed by atoms with Gasteiger partial charge in [-0.2, -0.15) is 0 Å². The van der Waals surface area contributed by atoms with Crippen molar-refractivity contribution in [2.45, 2.75) is 81.8 Å². The van der Waals surface area contributed by atoms with Crippen LogP contribution in [-0.2, 0) is 97.5 Å². The number of fused-ring (bicyclic) bond motifs is 9. The number of aromatic nitrogens is 8. The first-order chi connectivity index (χ1) is 18.7. The molecule has 0 spiro atoms. The predicted octanol–water partition coefficient (Wildman–Crippen LogP) is -2.15. The van der Waals surface area contributed by atoms with Crippen molar-refractivity contribution in [1.82, 2.24) is 38.2 Å². The Balaban J connectivity index is 0.000000142. The summed E-state index contributed by atoms with van der Waals surface area (Å²) in [5, 5.41) is 19.8. The molecule has 16 nitrogen and oxygen atoms in total. The summed E-state index contributed by atoms with van der Waals surface area (Å²) in [4.78, 5) is 39.5. The summed E-state index contributed by atoms with van der Waals surface area (Å²) < 4.78 is 29.8. The molecule has 2 N–H and O–H groups in total. The van der Waals surface area contributed by atoms with E-state index in [1.54, 1.807) is 10.9 Å². The van der Waals surface area contributed by atoms with Gasteiger partial charge in [-0.15, -0.1) is 0 Å². The summed E-state index contributed by atoms with van der Waals surface area (Å²) >= 11 is 0. The van der Waals surface area contributed by atoms with Gasteiger partial charge in [0.25, 0.3) is 0 Å². The zero-order valence-corrected chi connectivity index (χ0v) is 27.4. The molecule has 5 aliphatic rings. The maximum absolute atomic E-state index is 12.0. The molecule has 3 fully saturated rings. The summed E-state index contributed by atoms with van der Waals surface area (Å²) in [6, 6.07) is 0. The van der Waals surface area contributed by atoms with Gasteiger partial charge in [-0.25, -0.2) is 0 Å². The standard InChI is InChI=1S/C13H13N4O4.C10H9N4O4.2Y/c1-13(2)20-8-7-4-16-10-6(3-14-12(16)18)15-5-17(10)11(19-7)9(8)21-13;15-6-5-2-13-8-4(1-11-10(13)17)12-3-14(8)9(18-5)7(6)16;;/h5,7-9,11H,4H2,1-2H3;3,5-7,9,15-16H,2H2;;/q2*-1;;/t7-,8+,9?,11-;5-,6+,7?,9-;;/m11../s1. The number of hydrogen-bond acceptors (Lipinski definition) is 12. The van der Waals surface area contributed by atoms with E-state index in [9.17, 15) is 19.8 Å². The monoisotopic (exact) mass is 716 g/mol. The van der Waals surface area contributed by atoms with Crippen LogP contribution in [0.4, 0.5) is 0 Å².